The molecule has 0 unspecified atom stereocenters. The number of carbonyl (C=O) groups is 4. The van der Waals surface area contributed by atoms with Crippen LogP contribution in [-0.4, -0.2) is 95.9 Å². The Morgan fingerprint density at radius 1 is 0.643 bits per heavy atom. The molecule has 3 aromatic rings. The molecule has 3 aromatic heterocycles. The maximum absolute atomic E-state index is 13.5. The van der Waals surface area contributed by atoms with Crippen molar-refractivity contribution in [2.75, 3.05) is 42.4 Å². The van der Waals surface area contributed by atoms with Crippen LogP contribution in [0.1, 0.15) is 98.4 Å². The van der Waals surface area contributed by atoms with E-state index in [0.717, 1.165) is 55.5 Å². The molecule has 5 heterocycles. The molecule has 2 amide bonds. The van der Waals surface area contributed by atoms with Crippen LogP contribution in [0.3, 0.4) is 0 Å². The van der Waals surface area contributed by atoms with Gasteiger partial charge in [0.15, 0.2) is 0 Å². The first-order valence-electron chi connectivity index (χ1n) is 19.0. The van der Waals surface area contributed by atoms with Crippen molar-refractivity contribution in [2.45, 2.75) is 90.9 Å². The number of hydrogen-bond acceptors (Lipinski definition) is 8. The van der Waals surface area contributed by atoms with E-state index in [2.05, 4.69) is 9.97 Å². The monoisotopic (exact) mass is 764 g/mol. The summed E-state index contributed by atoms with van der Waals surface area (Å²) in [7, 11) is 9.77. The van der Waals surface area contributed by atoms with Crippen molar-refractivity contribution in [1.82, 2.24) is 29.7 Å². The van der Waals surface area contributed by atoms with Crippen molar-refractivity contribution in [1.29, 1.82) is 0 Å². The van der Waals surface area contributed by atoms with E-state index in [1.54, 1.807) is 38.0 Å². The number of H-pyrrole nitrogens is 2. The van der Waals surface area contributed by atoms with Crippen LogP contribution in [0.15, 0.2) is 36.4 Å². The molecule has 2 aliphatic heterocycles. The van der Waals surface area contributed by atoms with E-state index in [0.29, 0.717) is 35.6 Å². The van der Waals surface area contributed by atoms with Gasteiger partial charge in [-0.05, 0) is 112 Å². The van der Waals surface area contributed by atoms with Gasteiger partial charge in [0.05, 0.1) is 37.0 Å². The molecule has 5 rings (SSSR count). The van der Waals surface area contributed by atoms with Gasteiger partial charge in [-0.2, -0.15) is 0 Å². The number of hydrogen-bond donors (Lipinski definition) is 2. The van der Waals surface area contributed by atoms with E-state index in [4.69, 9.17) is 19.4 Å². The minimum Gasteiger partial charge on any atom is -0.469 e. The van der Waals surface area contributed by atoms with Gasteiger partial charge in [0.1, 0.15) is 0 Å². The van der Waals surface area contributed by atoms with Crippen LogP contribution >= 0.6 is 0 Å². The van der Waals surface area contributed by atoms with Crippen LogP contribution in [0.4, 0.5) is 0 Å². The fourth-order valence-electron chi connectivity index (χ4n) is 8.04. The molecule has 0 radical (unpaired) electrons. The lowest BCUT2D eigenvalue weighted by atomic mass is 9.74. The number of esters is 2. The van der Waals surface area contributed by atoms with Gasteiger partial charge in [-0.25, -0.2) is 0 Å². The second kappa shape index (κ2) is 16.3. The summed E-state index contributed by atoms with van der Waals surface area (Å²) >= 11 is 0. The second-order valence-electron chi connectivity index (χ2n) is 15.6. The SMILES string of the molecule is C/C=C1/c2cc3[nH]c(cc4[nH]c(cc5nc(cc(n2)[C@]1(C)CC(=O)N(C)C)/C(=C/C)[C@@]5(C)CC(=O)N(C)C)c(C)c4CCC(=O)OC)c(CCC(=O)OC)c3C. The summed E-state index contributed by atoms with van der Waals surface area (Å²) in [5.74, 6) is -0.722. The van der Waals surface area contributed by atoms with E-state index in [1.807, 2.05) is 78.0 Å². The highest BCUT2D eigenvalue weighted by Gasteiger charge is 2.44. The van der Waals surface area contributed by atoms with Gasteiger partial charge in [-0.15, -0.1) is 0 Å². The number of aromatic nitrogens is 4. The lowest BCUT2D eigenvalue weighted by Gasteiger charge is -2.28. The molecule has 2 N–H and O–H groups in total. The zero-order valence-electron chi connectivity index (χ0n) is 34.9. The van der Waals surface area contributed by atoms with Gasteiger partial charge in [0, 0.05) is 86.8 Å². The van der Waals surface area contributed by atoms with Crippen LogP contribution in [0.2, 0.25) is 0 Å². The third-order valence-electron chi connectivity index (χ3n) is 11.6. The quantitative estimate of drug-likeness (QED) is 0.214. The molecule has 0 aromatic carbocycles. The number of fused-ring (bicyclic) bond motifs is 8. The summed E-state index contributed by atoms with van der Waals surface area (Å²) in [6, 6.07) is 8.02. The predicted molar refractivity (Wildman–Crippen MR) is 220 cm³/mol. The molecule has 0 aliphatic carbocycles. The fraction of sp³-hybridized carbons (Fsp3) is 0.455. The number of nitrogens with one attached hydrogen (secondary N) is 2. The van der Waals surface area contributed by atoms with Gasteiger partial charge < -0.3 is 29.2 Å². The Kier molecular flexibility index (Phi) is 12.1. The molecule has 56 heavy (non-hydrogen) atoms. The Morgan fingerprint density at radius 3 is 1.43 bits per heavy atom. The number of aromatic amines is 2. The highest BCUT2D eigenvalue weighted by molar-refractivity contribution is 5.89. The zero-order valence-corrected chi connectivity index (χ0v) is 34.9. The molecule has 0 saturated carbocycles. The van der Waals surface area contributed by atoms with E-state index in [1.165, 1.54) is 14.2 Å². The lowest BCUT2D eigenvalue weighted by Crippen LogP contribution is -2.32. The minimum absolute atomic E-state index is 0.0412. The van der Waals surface area contributed by atoms with Gasteiger partial charge in [0.2, 0.25) is 11.8 Å². The number of rotatable bonds is 10. The van der Waals surface area contributed by atoms with Crippen molar-refractivity contribution in [3.05, 3.63) is 81.4 Å². The molecular weight excluding hydrogens is 709 g/mol. The van der Waals surface area contributed by atoms with E-state index < -0.39 is 10.8 Å². The topological polar surface area (TPSA) is 151 Å². The standard InChI is InChI=1S/C44H56N6O6/c1-13-29-35-19-31-25(3)27(15-17-41(53)55-11)33(45-31)20-34-28(16-18-42(54)56-12)26(4)32(46-34)21-37-44(6,24-40(52)50(9)10)30(14-2)36(48-37)22-38(47-35)43(29,5)23-39(51)49(7)8/h13-14,19-22,45-46H,15-18,23-24H2,1-12H3/b29-13-,30-14-,31-19?,32-21?,33-20?,34-20?,35-19?,36-22?,37-21?,38-22?/t43-,44-/m1/s1. The summed E-state index contributed by atoms with van der Waals surface area (Å²) in [5.41, 5.74) is 9.87. The Morgan fingerprint density at radius 2 is 1.04 bits per heavy atom. The van der Waals surface area contributed by atoms with Crippen LogP contribution in [0.5, 0.6) is 0 Å². The number of allylic oxidation sites excluding steroid dienone is 4. The third-order valence-corrected chi connectivity index (χ3v) is 11.6. The Labute approximate surface area is 329 Å². The smallest absolute Gasteiger partial charge is 0.305 e. The number of ether oxygens (including phenoxy) is 2. The number of nitrogens with zero attached hydrogens (tertiary/aromatic N) is 4. The van der Waals surface area contributed by atoms with Crippen molar-refractivity contribution in [3.63, 3.8) is 0 Å². The van der Waals surface area contributed by atoms with Crippen molar-refractivity contribution in [2.24, 2.45) is 0 Å². The second-order valence-corrected chi connectivity index (χ2v) is 15.6. The minimum atomic E-state index is -0.813. The first-order valence-corrected chi connectivity index (χ1v) is 19.0. The summed E-state index contributed by atoms with van der Waals surface area (Å²) in [6.07, 6.45) is 5.58. The average Bonchev–Trinajstić information content (AvgIpc) is 3.78. The van der Waals surface area contributed by atoms with E-state index in [-0.39, 0.29) is 49.4 Å². The summed E-state index contributed by atoms with van der Waals surface area (Å²) < 4.78 is 10.0. The summed E-state index contributed by atoms with van der Waals surface area (Å²) in [5, 5.41) is 0. The molecule has 298 valence electrons. The molecule has 0 saturated heterocycles. The van der Waals surface area contributed by atoms with Crippen LogP contribution in [-0.2, 0) is 52.3 Å². The van der Waals surface area contributed by atoms with Crippen molar-refractivity contribution < 1.29 is 28.7 Å². The highest BCUT2D eigenvalue weighted by Crippen LogP contribution is 2.48. The van der Waals surface area contributed by atoms with Crippen molar-refractivity contribution >= 4 is 57.0 Å². The number of amides is 2. The normalized spacial score (nSPS) is 19.3. The maximum atomic E-state index is 13.5. The molecule has 0 fully saturated rings. The summed E-state index contributed by atoms with van der Waals surface area (Å²) in [4.78, 5) is 72.9. The van der Waals surface area contributed by atoms with Crippen molar-refractivity contribution in [3.8, 4) is 0 Å². The zero-order chi connectivity index (χ0) is 41.3. The van der Waals surface area contributed by atoms with Gasteiger partial charge >= 0.3 is 11.9 Å². The molecule has 2 atom stereocenters. The van der Waals surface area contributed by atoms with E-state index >= 15 is 0 Å². The molecule has 12 heteroatoms. The van der Waals surface area contributed by atoms with E-state index in [9.17, 15) is 19.2 Å². The van der Waals surface area contributed by atoms with Gasteiger partial charge in [-0.3, -0.25) is 29.1 Å². The Bertz CT molecular complexity index is 2310. The first-order chi connectivity index (χ1) is 26.4. The number of methoxy groups -OCH3 is 2. The van der Waals surface area contributed by atoms with Gasteiger partial charge in [-0.1, -0.05) is 12.2 Å². The fourth-order valence-corrected chi connectivity index (χ4v) is 8.04. The van der Waals surface area contributed by atoms with Crippen LogP contribution in [0.25, 0.3) is 33.2 Å². The highest BCUT2D eigenvalue weighted by atomic mass is 16.5. The first kappa shape index (κ1) is 41.6. The van der Waals surface area contributed by atoms with Crippen LogP contribution < -0.4 is 0 Å². The molecule has 12 nitrogen and oxygen atoms in total. The maximum Gasteiger partial charge on any atom is 0.305 e. The number of aryl methyl sites for hydroxylation is 4. The molecule has 2 aliphatic rings. The average molecular weight is 765 g/mol. The predicted octanol–water partition coefficient (Wildman–Crippen LogP) is 6.82. The number of carbonyl (C=O) groups excluding carboxylic acids is 4. The molecular formula is C44H56N6O6. The Hall–Kier alpha value is -5.52. The Balaban J connectivity index is 1.99. The molecule has 0 spiro atoms. The lowest BCUT2D eigenvalue weighted by molar-refractivity contribution is -0.141. The third kappa shape index (κ3) is 7.79. The molecule has 8 bridgehead atoms. The van der Waals surface area contributed by atoms with Crippen LogP contribution in [0, 0.1) is 13.8 Å². The summed E-state index contributed by atoms with van der Waals surface area (Å²) in [6.45, 7) is 12.0. The largest absolute Gasteiger partial charge is 0.469 e. The van der Waals surface area contributed by atoms with Gasteiger partial charge in [0.25, 0.3) is 0 Å².